The van der Waals surface area contributed by atoms with Crippen LogP contribution in [0.3, 0.4) is 0 Å². The molecule has 2 N–H and O–H groups in total. The van der Waals surface area contributed by atoms with E-state index in [1.54, 1.807) is 0 Å². The second-order valence-corrected chi connectivity index (χ2v) is 6.25. The maximum absolute atomic E-state index is 9.16. The summed E-state index contributed by atoms with van der Waals surface area (Å²) in [5.41, 5.74) is -1.45. The van der Waals surface area contributed by atoms with Gasteiger partial charge in [0.15, 0.2) is 5.41 Å². The van der Waals surface area contributed by atoms with Gasteiger partial charge in [0.25, 0.3) is 0 Å². The summed E-state index contributed by atoms with van der Waals surface area (Å²) in [4.78, 5) is 0. The second kappa shape index (κ2) is 5.03. The van der Waals surface area contributed by atoms with Crippen LogP contribution >= 0.6 is 0 Å². The number of unbranched alkanes of at least 4 members (excludes halogenated alkanes) is 1. The smallest absolute Gasteiger partial charge is 0.213 e. The van der Waals surface area contributed by atoms with Gasteiger partial charge in [-0.3, -0.25) is 0 Å². The Morgan fingerprint density at radius 3 is 2.60 bits per heavy atom. The molecular weight excluding hydrogens is 164 g/mol. The zero-order chi connectivity index (χ0) is 8.04. The van der Waals surface area contributed by atoms with Gasteiger partial charge in [0.05, 0.1) is 0 Å². The highest BCUT2D eigenvalue weighted by Gasteiger charge is 2.21. The first-order valence-corrected chi connectivity index (χ1v) is 5.66. The van der Waals surface area contributed by atoms with Gasteiger partial charge < -0.3 is 14.3 Å². The van der Waals surface area contributed by atoms with Crippen LogP contribution in [0.4, 0.5) is 0 Å². The fourth-order valence-corrected chi connectivity index (χ4v) is 3.01. The monoisotopic (exact) mass is 180 g/mol. The maximum atomic E-state index is 9.16. The number of hydrogen-bond donors (Lipinski definition) is 2. The van der Waals surface area contributed by atoms with E-state index in [1.807, 2.05) is 6.92 Å². The minimum absolute atomic E-state index is 0.470. The average Bonchev–Trinajstić information content (AvgIpc) is 1.84. The van der Waals surface area contributed by atoms with Crippen LogP contribution in [-0.2, 0) is 4.12 Å². The molecule has 0 fully saturated rings. The maximum Gasteiger partial charge on any atom is 0.213 e. The molecule has 0 bridgehead atoms. The van der Waals surface area contributed by atoms with Gasteiger partial charge in [0, 0.05) is 0 Å². The summed E-state index contributed by atoms with van der Waals surface area (Å²) in [6.07, 6.45) is 2.33. The molecule has 0 aliphatic heterocycles. The van der Waals surface area contributed by atoms with Crippen molar-refractivity contribution in [3.05, 3.63) is 0 Å². The predicted octanol–water partition coefficient (Wildman–Crippen LogP) is -1.80. The molecule has 0 radical (unpaired) electrons. The van der Waals surface area contributed by atoms with Crippen molar-refractivity contribution in [2.75, 3.05) is 0 Å². The van der Waals surface area contributed by atoms with Crippen LogP contribution in [0.2, 0.25) is 0 Å². The molecule has 3 nitrogen and oxygen atoms in total. The van der Waals surface area contributed by atoms with Crippen molar-refractivity contribution in [2.24, 2.45) is 0 Å². The zero-order valence-corrected chi connectivity index (χ0v) is 10.0. The fourth-order valence-electron chi connectivity index (χ4n) is 0.763. The molecular formula is C5H16O3Si2. The van der Waals surface area contributed by atoms with E-state index >= 15 is 0 Å². The quantitative estimate of drug-likeness (QED) is 0.387. The van der Waals surface area contributed by atoms with Crippen LogP contribution in [0.15, 0.2) is 0 Å². The van der Waals surface area contributed by atoms with Crippen LogP contribution < -0.4 is 0 Å². The molecule has 10 heavy (non-hydrogen) atoms. The molecule has 0 saturated carbocycles. The topological polar surface area (TPSA) is 49.7 Å². The van der Waals surface area contributed by atoms with Crippen molar-refractivity contribution in [2.45, 2.75) is 31.6 Å². The van der Waals surface area contributed by atoms with Crippen molar-refractivity contribution in [1.82, 2.24) is 0 Å². The Hall–Kier alpha value is 0.314. The molecule has 0 aromatic heterocycles. The van der Waals surface area contributed by atoms with Gasteiger partial charge in [0.2, 0.25) is 9.76 Å². The molecule has 0 heterocycles. The van der Waals surface area contributed by atoms with Crippen LogP contribution in [0, 0.1) is 0 Å². The Morgan fingerprint density at radius 1 is 1.60 bits per heavy atom. The van der Waals surface area contributed by atoms with Gasteiger partial charge in [-0.25, -0.2) is 0 Å². The lowest BCUT2D eigenvalue weighted by Crippen LogP contribution is -2.36. The Morgan fingerprint density at radius 2 is 2.20 bits per heavy atom. The number of hydrogen-bond acceptors (Lipinski definition) is 3. The lowest BCUT2D eigenvalue weighted by atomic mass is 10.2. The van der Waals surface area contributed by atoms with E-state index in [9.17, 15) is 0 Å². The molecule has 0 spiro atoms. The van der Waals surface area contributed by atoms with Crippen LogP contribution in [0.5, 0.6) is 0 Å². The van der Waals surface area contributed by atoms with Crippen molar-refractivity contribution in [3.63, 3.8) is 0 Å². The highest BCUT2D eigenvalue weighted by atomic mass is 28.3. The first-order chi connectivity index (χ1) is 4.62. The Kier molecular flexibility index (Phi) is 5.19. The van der Waals surface area contributed by atoms with E-state index in [0.717, 1.165) is 12.8 Å². The minimum atomic E-state index is -1.45. The van der Waals surface area contributed by atoms with Gasteiger partial charge in [-0.05, 0) is 12.8 Å². The van der Waals surface area contributed by atoms with E-state index < -0.39 is 15.2 Å². The third-order valence-electron chi connectivity index (χ3n) is 1.31. The minimum Gasteiger partial charge on any atom is -0.464 e. The molecule has 0 amide bonds. The van der Waals surface area contributed by atoms with Crippen LogP contribution in [0.1, 0.15) is 26.2 Å². The van der Waals surface area contributed by atoms with Gasteiger partial charge >= 0.3 is 0 Å². The molecule has 0 atom stereocenters. The lowest BCUT2D eigenvalue weighted by Gasteiger charge is -2.19. The molecule has 5 heteroatoms. The number of aliphatic hydroxyl groups is 2. The summed E-state index contributed by atoms with van der Waals surface area (Å²) in [5.74, 6) is 0. The SMILES string of the molecule is CCCCC(O)(O)[SiH2]O[SiH3]. The molecule has 0 unspecified atom stereocenters. The van der Waals surface area contributed by atoms with Crippen LogP contribution in [0.25, 0.3) is 0 Å². The average molecular weight is 180 g/mol. The molecule has 0 aliphatic carbocycles. The molecule has 0 aromatic rings. The first-order valence-electron chi connectivity index (χ1n) is 3.56. The molecule has 0 rings (SSSR count). The van der Waals surface area contributed by atoms with E-state index in [2.05, 4.69) is 0 Å². The largest absolute Gasteiger partial charge is 0.464 e. The Labute approximate surface area is 66.9 Å². The molecule has 0 aromatic carbocycles. The molecule has 0 saturated heterocycles. The van der Waals surface area contributed by atoms with Gasteiger partial charge in [0.1, 0.15) is 10.5 Å². The van der Waals surface area contributed by atoms with Gasteiger partial charge in [-0.1, -0.05) is 13.3 Å². The van der Waals surface area contributed by atoms with Gasteiger partial charge in [-0.15, -0.1) is 0 Å². The third-order valence-corrected chi connectivity index (χ3v) is 3.28. The van der Waals surface area contributed by atoms with E-state index in [-0.39, 0.29) is 0 Å². The van der Waals surface area contributed by atoms with Crippen molar-refractivity contribution >= 4 is 20.2 Å². The van der Waals surface area contributed by atoms with E-state index in [4.69, 9.17) is 14.3 Å². The number of rotatable bonds is 5. The summed E-state index contributed by atoms with van der Waals surface area (Å²) < 4.78 is 4.88. The summed E-state index contributed by atoms with van der Waals surface area (Å²) in [7, 11) is -0.478. The van der Waals surface area contributed by atoms with Crippen molar-refractivity contribution in [1.29, 1.82) is 0 Å². The Bertz CT molecular complexity index is 87.0. The Balaban J connectivity index is 3.42. The zero-order valence-electron chi connectivity index (χ0n) is 6.63. The highest BCUT2D eigenvalue weighted by Crippen LogP contribution is 2.08. The third kappa shape index (κ3) is 5.13. The second-order valence-electron chi connectivity index (χ2n) is 2.52. The standard InChI is InChI=1S/C5H16O3Si2/c1-2-3-4-5(6,7)10-8-9/h6-7H,2-4,10H2,1,9H3. The predicted molar refractivity (Wildman–Crippen MR) is 46.3 cm³/mol. The fraction of sp³-hybridized carbons (Fsp3) is 1.00. The van der Waals surface area contributed by atoms with Crippen molar-refractivity contribution < 1.29 is 14.3 Å². The summed E-state index contributed by atoms with van der Waals surface area (Å²) in [6, 6.07) is 0. The summed E-state index contributed by atoms with van der Waals surface area (Å²) in [5, 5.41) is 18.3. The molecule has 0 aliphatic rings. The molecule has 62 valence electrons. The van der Waals surface area contributed by atoms with Crippen molar-refractivity contribution in [3.8, 4) is 0 Å². The first kappa shape index (κ1) is 10.3. The normalized spacial score (nSPS) is 13.5. The van der Waals surface area contributed by atoms with Gasteiger partial charge in [-0.2, -0.15) is 0 Å². The van der Waals surface area contributed by atoms with Crippen LogP contribution in [-0.4, -0.2) is 35.9 Å². The van der Waals surface area contributed by atoms with E-state index in [0.29, 0.717) is 16.9 Å². The lowest BCUT2D eigenvalue weighted by molar-refractivity contribution is -0.101. The summed E-state index contributed by atoms with van der Waals surface area (Å²) in [6.45, 7) is 2.03. The van der Waals surface area contributed by atoms with E-state index in [1.165, 1.54) is 0 Å². The summed E-state index contributed by atoms with van der Waals surface area (Å²) >= 11 is 0. The highest BCUT2D eigenvalue weighted by molar-refractivity contribution is 6.36.